The summed E-state index contributed by atoms with van der Waals surface area (Å²) < 4.78 is 193. The fourth-order valence-corrected chi connectivity index (χ4v) is 1.16. The van der Waals surface area contributed by atoms with Gasteiger partial charge in [-0.1, -0.05) is 0 Å². The maximum Gasteiger partial charge on any atom is 0.475 e. The molecular weight excluding hydrogens is 443 g/mol. The molecule has 0 amide bonds. The minimum Gasteiger partial charge on any atom is -0.397 e. The second-order valence-electron chi connectivity index (χ2n) is 3.85. The minimum atomic E-state index is -7.55. The molecule has 0 heterocycles. The zero-order valence-corrected chi connectivity index (χ0v) is 11.7. The van der Waals surface area contributed by atoms with Gasteiger partial charge in [-0.15, -0.1) is 0 Å². The molecule has 0 aliphatic carbocycles. The summed E-state index contributed by atoms with van der Waals surface area (Å²) in [5.41, 5.74) is 0. The molecule has 0 aliphatic rings. The molecule has 0 bridgehead atoms. The summed E-state index contributed by atoms with van der Waals surface area (Å²) in [6, 6.07) is -3.87. The molecule has 156 valence electrons. The Morgan fingerprint density at radius 3 is 1.42 bits per heavy atom. The van der Waals surface area contributed by atoms with E-state index in [0.29, 0.717) is 0 Å². The quantitative estimate of drug-likeness (QED) is 0.349. The van der Waals surface area contributed by atoms with Gasteiger partial charge in [0.2, 0.25) is 0 Å². The average molecular weight is 444 g/mol. The summed E-state index contributed by atoms with van der Waals surface area (Å²) in [5.74, 6) is -7.55. The lowest BCUT2D eigenvalue weighted by Gasteiger charge is -2.34. The molecule has 0 aromatic rings. The van der Waals surface area contributed by atoms with Crippen LogP contribution in [-0.4, -0.2) is 42.5 Å². The van der Waals surface area contributed by atoms with Crippen molar-refractivity contribution in [1.29, 1.82) is 0 Å². The molecule has 0 unspecified atom stereocenters. The van der Waals surface area contributed by atoms with Crippen molar-refractivity contribution in [3.8, 4) is 0 Å². The fourth-order valence-electron chi connectivity index (χ4n) is 0.819. The van der Waals surface area contributed by atoms with Gasteiger partial charge in [0.25, 0.3) is 0 Å². The highest BCUT2D eigenvalue weighted by atomic mass is 32.2. The maximum atomic E-state index is 12.8. The van der Waals surface area contributed by atoms with Crippen molar-refractivity contribution in [1.82, 2.24) is 0 Å². The van der Waals surface area contributed by atoms with Crippen LogP contribution in [-0.2, 0) is 19.6 Å². The Balaban J connectivity index is 5.98. The molecule has 0 saturated heterocycles. The van der Waals surface area contributed by atoms with E-state index in [1.807, 2.05) is 4.74 Å². The van der Waals surface area contributed by atoms with Gasteiger partial charge in [-0.2, -0.15) is 65.5 Å². The molecule has 0 aromatic heterocycles. The topological polar surface area (TPSA) is 72.8 Å². The van der Waals surface area contributed by atoms with Crippen LogP contribution in [0.1, 0.15) is 0 Å². The lowest BCUT2D eigenvalue weighted by Crippen LogP contribution is -2.61. The molecule has 0 aromatic carbocycles. The van der Waals surface area contributed by atoms with Crippen LogP contribution in [0.4, 0.5) is 57.1 Å². The van der Waals surface area contributed by atoms with Crippen molar-refractivity contribution in [2.45, 2.75) is 29.5 Å². The fraction of sp³-hybridized carbons (Fsp3) is 0.714. The molecule has 5 nitrogen and oxygen atoms in total. The largest absolute Gasteiger partial charge is 0.475 e. The summed E-state index contributed by atoms with van der Waals surface area (Å²) in [4.78, 5) is 0. The molecule has 19 heteroatoms. The van der Waals surface area contributed by atoms with Crippen LogP contribution >= 0.6 is 0 Å². The van der Waals surface area contributed by atoms with Gasteiger partial charge >= 0.3 is 51.7 Å². The van der Waals surface area contributed by atoms with E-state index in [4.69, 9.17) is 4.55 Å². The SMILES string of the molecule is O=S(=O)(O)C(F)(F)C(F)(F)OC(F)(F)C(F)(F)C(F)(F)OC(F)=C(F)F. The normalized spacial score (nSPS) is 15.0. The van der Waals surface area contributed by atoms with Crippen molar-refractivity contribution in [2.24, 2.45) is 0 Å². The molecule has 0 saturated carbocycles. The average Bonchev–Trinajstić information content (AvgIpc) is 2.34. The highest BCUT2D eigenvalue weighted by molar-refractivity contribution is 7.86. The van der Waals surface area contributed by atoms with Gasteiger partial charge in [-0.05, 0) is 0 Å². The first-order chi connectivity index (χ1) is 11.0. The minimum absolute atomic E-state index is 1.42. The summed E-state index contributed by atoms with van der Waals surface area (Å²) in [6.45, 7) is 0. The van der Waals surface area contributed by atoms with Crippen LogP contribution in [0.3, 0.4) is 0 Å². The smallest absolute Gasteiger partial charge is 0.397 e. The van der Waals surface area contributed by atoms with E-state index in [2.05, 4.69) is 0 Å². The third-order valence-corrected chi connectivity index (χ3v) is 2.90. The van der Waals surface area contributed by atoms with E-state index in [1.165, 1.54) is 4.74 Å². The summed E-state index contributed by atoms with van der Waals surface area (Å²) in [5, 5.41) is -7.06. The first-order valence-corrected chi connectivity index (χ1v) is 6.43. The molecule has 0 aliphatic heterocycles. The Morgan fingerprint density at radius 2 is 1.12 bits per heavy atom. The van der Waals surface area contributed by atoms with Gasteiger partial charge in [0.05, 0.1) is 0 Å². The number of alkyl halides is 10. The van der Waals surface area contributed by atoms with Gasteiger partial charge in [0.1, 0.15) is 0 Å². The number of hydrogen-bond acceptors (Lipinski definition) is 4. The first kappa shape index (κ1) is 24.5. The van der Waals surface area contributed by atoms with Crippen molar-refractivity contribution in [3.05, 3.63) is 12.1 Å². The Labute approximate surface area is 132 Å². The molecular formula is C7HF13O5S. The van der Waals surface area contributed by atoms with Crippen LogP contribution in [0.2, 0.25) is 0 Å². The van der Waals surface area contributed by atoms with Crippen LogP contribution in [0.15, 0.2) is 12.1 Å². The zero-order chi connectivity index (χ0) is 21.6. The lowest BCUT2D eigenvalue weighted by molar-refractivity contribution is -0.498. The Kier molecular flexibility index (Phi) is 6.21. The first-order valence-electron chi connectivity index (χ1n) is 4.99. The van der Waals surface area contributed by atoms with E-state index in [0.717, 1.165) is 0 Å². The number of rotatable bonds is 8. The van der Waals surface area contributed by atoms with Crippen molar-refractivity contribution in [3.63, 3.8) is 0 Å². The monoisotopic (exact) mass is 444 g/mol. The number of ether oxygens (including phenoxy) is 2. The molecule has 0 radical (unpaired) electrons. The molecule has 0 atom stereocenters. The van der Waals surface area contributed by atoms with Crippen molar-refractivity contribution >= 4 is 10.1 Å². The number of hydrogen-bond donors (Lipinski definition) is 1. The third kappa shape index (κ3) is 4.24. The van der Waals surface area contributed by atoms with Crippen LogP contribution in [0.5, 0.6) is 0 Å². The van der Waals surface area contributed by atoms with Gasteiger partial charge < -0.3 is 4.74 Å². The highest BCUT2D eigenvalue weighted by Crippen LogP contribution is 2.52. The number of halogens is 13. The van der Waals surface area contributed by atoms with Gasteiger partial charge in [0, 0.05) is 0 Å². The molecule has 1 N–H and O–H groups in total. The molecule has 0 rings (SSSR count). The second kappa shape index (κ2) is 6.59. The van der Waals surface area contributed by atoms with Crippen molar-refractivity contribution in [2.75, 3.05) is 0 Å². The predicted octanol–water partition coefficient (Wildman–Crippen LogP) is 3.95. The second-order valence-corrected chi connectivity index (χ2v) is 5.32. The van der Waals surface area contributed by atoms with Crippen molar-refractivity contribution < 1.29 is 79.5 Å². The van der Waals surface area contributed by atoms with Crippen LogP contribution in [0, 0.1) is 0 Å². The van der Waals surface area contributed by atoms with Gasteiger partial charge in [-0.25, -0.2) is 4.74 Å². The summed E-state index contributed by atoms with van der Waals surface area (Å²) in [6.07, 6.45) is -25.8. The highest BCUT2D eigenvalue weighted by Gasteiger charge is 2.81. The van der Waals surface area contributed by atoms with E-state index in [9.17, 15) is 65.5 Å². The summed E-state index contributed by atoms with van der Waals surface area (Å²) in [7, 11) is -7.32. The van der Waals surface area contributed by atoms with E-state index < -0.39 is 51.7 Å². The van der Waals surface area contributed by atoms with Gasteiger partial charge in [0.15, 0.2) is 0 Å². The standard InChI is InChI=1S/C7HF13O5S/c8-1(9)2(10)24-4(13,14)3(11,12)5(15,16)25-6(17,18)7(19,20)26(21,22)23/h(H,21,22,23). The van der Waals surface area contributed by atoms with E-state index in [-0.39, 0.29) is 0 Å². The van der Waals surface area contributed by atoms with Crippen LogP contribution in [0.25, 0.3) is 0 Å². The van der Waals surface area contributed by atoms with Crippen LogP contribution < -0.4 is 0 Å². The summed E-state index contributed by atoms with van der Waals surface area (Å²) >= 11 is 0. The molecule has 0 spiro atoms. The molecule has 26 heavy (non-hydrogen) atoms. The zero-order valence-electron chi connectivity index (χ0n) is 10.9. The Bertz CT molecular complexity index is 664. The third-order valence-electron chi connectivity index (χ3n) is 2.02. The lowest BCUT2D eigenvalue weighted by atomic mass is 10.3. The van der Waals surface area contributed by atoms with Gasteiger partial charge in [-0.3, -0.25) is 4.55 Å². The predicted molar refractivity (Wildman–Crippen MR) is 48.8 cm³/mol. The van der Waals surface area contributed by atoms with E-state index in [1.54, 1.807) is 0 Å². The maximum absolute atomic E-state index is 12.8. The molecule has 0 fully saturated rings. The Morgan fingerprint density at radius 1 is 0.731 bits per heavy atom. The van der Waals surface area contributed by atoms with E-state index >= 15 is 0 Å². The Hall–Kier alpha value is -1.50.